The van der Waals surface area contributed by atoms with Gasteiger partial charge in [0.2, 0.25) is 0 Å². The summed E-state index contributed by atoms with van der Waals surface area (Å²) in [6, 6.07) is 5.36. The lowest BCUT2D eigenvalue weighted by Crippen LogP contribution is -2.15. The van der Waals surface area contributed by atoms with Crippen molar-refractivity contribution in [1.29, 1.82) is 0 Å². The van der Waals surface area contributed by atoms with Crippen LogP contribution in [0.15, 0.2) is 18.2 Å². The van der Waals surface area contributed by atoms with Gasteiger partial charge in [0.25, 0.3) is 11.8 Å². The maximum atomic E-state index is 12.6. The number of hydrogen-bond donors (Lipinski definition) is 3. The molecule has 0 spiro atoms. The Bertz CT molecular complexity index is 940. The van der Waals surface area contributed by atoms with Crippen molar-refractivity contribution >= 4 is 40.2 Å². The Balaban J connectivity index is 1.99. The van der Waals surface area contributed by atoms with Gasteiger partial charge in [0.05, 0.1) is 11.1 Å². The Kier molecular flexibility index (Phi) is 3.28. The lowest BCUT2D eigenvalue weighted by Gasteiger charge is -2.18. The summed E-state index contributed by atoms with van der Waals surface area (Å²) in [5.74, 6) is -0.571. The van der Waals surface area contributed by atoms with Crippen LogP contribution in [0.25, 0.3) is 11.1 Å². The summed E-state index contributed by atoms with van der Waals surface area (Å²) < 4.78 is 0. The molecule has 2 heterocycles. The highest BCUT2D eigenvalue weighted by Crippen LogP contribution is 2.43. The van der Waals surface area contributed by atoms with Gasteiger partial charge in [0, 0.05) is 27.7 Å². The molecule has 1 aliphatic carbocycles. The van der Waals surface area contributed by atoms with Crippen LogP contribution < -0.4 is 11.1 Å². The number of aromatic amines is 1. The normalized spacial score (nSPS) is 19.0. The van der Waals surface area contributed by atoms with Crippen molar-refractivity contribution in [3.05, 3.63) is 51.3 Å². The van der Waals surface area contributed by atoms with Gasteiger partial charge in [-0.15, -0.1) is 0 Å². The van der Waals surface area contributed by atoms with Crippen LogP contribution in [0.1, 0.15) is 45.7 Å². The van der Waals surface area contributed by atoms with E-state index in [9.17, 15) is 9.59 Å². The van der Waals surface area contributed by atoms with Gasteiger partial charge in [-0.25, -0.2) is 0 Å². The summed E-state index contributed by atoms with van der Waals surface area (Å²) in [5, 5.41) is 3.47. The summed E-state index contributed by atoms with van der Waals surface area (Å²) in [6.07, 6.45) is 2.41. The van der Waals surface area contributed by atoms with Crippen LogP contribution in [0.2, 0.25) is 5.02 Å². The number of rotatable bonds is 1. The number of benzene rings is 1. The minimum Gasteiger partial charge on any atom is -0.366 e. The second-order valence-corrected chi connectivity index (χ2v) is 6.63. The maximum absolute atomic E-state index is 12.6. The Morgan fingerprint density at radius 1 is 1.29 bits per heavy atom. The number of H-pyrrole nitrogens is 1. The Hall–Kier alpha value is -2.53. The third kappa shape index (κ3) is 2.08. The van der Waals surface area contributed by atoms with Crippen molar-refractivity contribution in [3.63, 3.8) is 0 Å². The van der Waals surface area contributed by atoms with E-state index < -0.39 is 5.91 Å². The topological polar surface area (TPSA) is 88.0 Å². The third-order valence-corrected chi connectivity index (χ3v) is 4.96. The van der Waals surface area contributed by atoms with Crippen LogP contribution in [-0.4, -0.2) is 16.8 Å². The van der Waals surface area contributed by atoms with E-state index in [0.29, 0.717) is 16.2 Å². The molecule has 0 bridgehead atoms. The summed E-state index contributed by atoms with van der Waals surface area (Å²) in [7, 11) is 0. The molecule has 1 aromatic carbocycles. The van der Waals surface area contributed by atoms with Crippen molar-refractivity contribution in [1.82, 2.24) is 4.98 Å². The largest absolute Gasteiger partial charge is 0.366 e. The van der Waals surface area contributed by atoms with Gasteiger partial charge in [0.15, 0.2) is 0 Å². The summed E-state index contributed by atoms with van der Waals surface area (Å²) in [4.78, 5) is 27.6. The highest BCUT2D eigenvalue weighted by molar-refractivity contribution is 6.38. The second kappa shape index (κ2) is 5.24. The maximum Gasteiger partial charge on any atom is 0.256 e. The molecule has 0 atom stereocenters. The van der Waals surface area contributed by atoms with Gasteiger partial charge in [-0.1, -0.05) is 11.6 Å². The number of fused-ring (bicyclic) bond motifs is 2. The monoisotopic (exact) mass is 341 g/mol. The summed E-state index contributed by atoms with van der Waals surface area (Å²) in [5.41, 5.74) is 11.7. The van der Waals surface area contributed by atoms with E-state index in [0.717, 1.165) is 53.0 Å². The molecule has 5 nitrogen and oxygen atoms in total. The third-order valence-electron chi connectivity index (χ3n) is 4.72. The number of carbonyl (C=O) groups is 2. The highest BCUT2D eigenvalue weighted by atomic mass is 35.5. The first kappa shape index (κ1) is 15.0. The summed E-state index contributed by atoms with van der Waals surface area (Å²) >= 11 is 6.12. The van der Waals surface area contributed by atoms with E-state index >= 15 is 0 Å². The molecule has 2 amide bonds. The van der Waals surface area contributed by atoms with Crippen LogP contribution in [-0.2, 0) is 11.2 Å². The fourth-order valence-corrected chi connectivity index (χ4v) is 3.95. The zero-order valence-electron chi connectivity index (χ0n) is 13.1. The quantitative estimate of drug-likeness (QED) is 0.695. The molecule has 0 saturated heterocycles. The number of anilines is 1. The van der Waals surface area contributed by atoms with E-state index in [2.05, 4.69) is 10.3 Å². The molecule has 1 aromatic heterocycles. The van der Waals surface area contributed by atoms with Crippen LogP contribution in [0.5, 0.6) is 0 Å². The van der Waals surface area contributed by atoms with Crippen LogP contribution in [0.4, 0.5) is 5.69 Å². The lowest BCUT2D eigenvalue weighted by molar-refractivity contribution is -0.110. The molecule has 4 N–H and O–H groups in total. The molecule has 1 aliphatic heterocycles. The van der Waals surface area contributed by atoms with Gasteiger partial charge in [-0.05, 0) is 55.5 Å². The molecule has 122 valence electrons. The Morgan fingerprint density at radius 2 is 2.08 bits per heavy atom. The minimum atomic E-state index is -0.435. The molecule has 6 heteroatoms. The van der Waals surface area contributed by atoms with E-state index in [4.69, 9.17) is 17.3 Å². The molecule has 0 radical (unpaired) electrons. The van der Waals surface area contributed by atoms with Crippen LogP contribution in [0, 0.1) is 6.92 Å². The standard InChI is InChI=1S/C18H16ClN3O2/c1-8-14(17(20)23)10-3-2-4-11(16(10)21-8)15-12-7-9(19)5-6-13(12)22-18(15)24/h5-7,21H,2-4H2,1H3,(H2,20,23)(H,22,24)/b15-11-. The number of aromatic nitrogens is 1. The van der Waals surface area contributed by atoms with Crippen LogP contribution >= 0.6 is 11.6 Å². The number of nitrogens with two attached hydrogens (primary N) is 1. The lowest BCUT2D eigenvalue weighted by atomic mass is 9.86. The summed E-state index contributed by atoms with van der Waals surface area (Å²) in [6.45, 7) is 1.83. The zero-order valence-corrected chi connectivity index (χ0v) is 13.9. The Labute approximate surface area is 143 Å². The number of nitrogens with one attached hydrogen (secondary N) is 2. The predicted molar refractivity (Wildman–Crippen MR) is 93.9 cm³/mol. The molecule has 0 fully saturated rings. The average Bonchev–Trinajstić information content (AvgIpc) is 3.02. The number of carbonyl (C=O) groups excluding carboxylic acids is 2. The molecule has 4 rings (SSSR count). The first-order chi connectivity index (χ1) is 11.5. The predicted octanol–water partition coefficient (Wildman–Crippen LogP) is 3.27. The Morgan fingerprint density at radius 3 is 2.83 bits per heavy atom. The van der Waals surface area contributed by atoms with Gasteiger partial charge < -0.3 is 16.0 Å². The van der Waals surface area contributed by atoms with Crippen molar-refractivity contribution < 1.29 is 9.59 Å². The van der Waals surface area contributed by atoms with Gasteiger partial charge in [-0.3, -0.25) is 9.59 Å². The second-order valence-electron chi connectivity index (χ2n) is 6.19. The minimum absolute atomic E-state index is 0.136. The van der Waals surface area contributed by atoms with Crippen molar-refractivity contribution in [3.8, 4) is 0 Å². The van der Waals surface area contributed by atoms with Gasteiger partial charge in [-0.2, -0.15) is 0 Å². The van der Waals surface area contributed by atoms with Crippen LogP contribution in [0.3, 0.4) is 0 Å². The number of amides is 2. The molecule has 2 aliphatic rings. The number of primary amides is 1. The number of halogens is 1. The number of aryl methyl sites for hydroxylation is 1. The fraction of sp³-hybridized carbons (Fsp3) is 0.222. The number of hydrogen-bond acceptors (Lipinski definition) is 2. The first-order valence-electron chi connectivity index (χ1n) is 7.83. The highest BCUT2D eigenvalue weighted by Gasteiger charge is 2.32. The number of allylic oxidation sites excluding steroid dienone is 1. The van der Waals surface area contributed by atoms with E-state index in [1.165, 1.54) is 0 Å². The van der Waals surface area contributed by atoms with E-state index in [1.54, 1.807) is 12.1 Å². The van der Waals surface area contributed by atoms with Crippen molar-refractivity contribution in [2.45, 2.75) is 26.2 Å². The first-order valence-corrected chi connectivity index (χ1v) is 8.21. The van der Waals surface area contributed by atoms with E-state index in [1.807, 2.05) is 13.0 Å². The van der Waals surface area contributed by atoms with Crippen molar-refractivity contribution in [2.75, 3.05) is 5.32 Å². The molecule has 24 heavy (non-hydrogen) atoms. The smallest absolute Gasteiger partial charge is 0.256 e. The SMILES string of the molecule is Cc1[nH]c2c(c1C(N)=O)CCC/C2=C1/C(=O)Nc2ccc(Cl)cc21. The molecule has 0 unspecified atom stereocenters. The van der Waals surface area contributed by atoms with Gasteiger partial charge in [0.1, 0.15) is 0 Å². The van der Waals surface area contributed by atoms with Gasteiger partial charge >= 0.3 is 0 Å². The zero-order chi connectivity index (χ0) is 17.0. The molecule has 0 saturated carbocycles. The fourth-order valence-electron chi connectivity index (χ4n) is 3.77. The average molecular weight is 342 g/mol. The molecule has 2 aromatic rings. The molecular formula is C18H16ClN3O2. The van der Waals surface area contributed by atoms with Crippen molar-refractivity contribution in [2.24, 2.45) is 5.73 Å². The molecular weight excluding hydrogens is 326 g/mol. The van der Waals surface area contributed by atoms with E-state index in [-0.39, 0.29) is 5.91 Å².